The maximum atomic E-state index is 5.97. The molecule has 2 unspecified atom stereocenters. The van der Waals surface area contributed by atoms with E-state index in [0.717, 1.165) is 48.4 Å². The number of aromatic nitrogens is 2. The normalized spacial score (nSPS) is 22.7. The van der Waals surface area contributed by atoms with Gasteiger partial charge in [-0.25, -0.2) is 9.97 Å². The van der Waals surface area contributed by atoms with Crippen LogP contribution in [-0.4, -0.2) is 16.5 Å². The number of rotatable bonds is 5. The summed E-state index contributed by atoms with van der Waals surface area (Å²) in [6.07, 6.45) is 5.98. The van der Waals surface area contributed by atoms with Crippen molar-refractivity contribution in [1.29, 1.82) is 0 Å². The number of nitrogen functional groups attached to an aromatic ring is 1. The molecule has 2 rings (SSSR count). The van der Waals surface area contributed by atoms with Crippen LogP contribution in [0.5, 0.6) is 0 Å². The van der Waals surface area contributed by atoms with Crippen molar-refractivity contribution in [2.45, 2.75) is 52.9 Å². The van der Waals surface area contributed by atoms with Crippen LogP contribution in [0.15, 0.2) is 0 Å². The van der Waals surface area contributed by atoms with Gasteiger partial charge in [0.05, 0.1) is 0 Å². The van der Waals surface area contributed by atoms with Crippen LogP contribution in [0.4, 0.5) is 11.6 Å². The van der Waals surface area contributed by atoms with Crippen LogP contribution in [0.1, 0.15) is 50.9 Å². The van der Waals surface area contributed by atoms with Gasteiger partial charge in [0, 0.05) is 18.5 Å². The Morgan fingerprint density at radius 1 is 1.32 bits per heavy atom. The fraction of sp³-hybridized carbons (Fsp3) is 0.733. The Labute approximate surface area is 116 Å². The predicted octanol–water partition coefficient (Wildman–Crippen LogP) is 3.17. The quantitative estimate of drug-likeness (QED) is 0.855. The first-order chi connectivity index (χ1) is 9.11. The summed E-state index contributed by atoms with van der Waals surface area (Å²) in [6, 6.07) is 0. The van der Waals surface area contributed by atoms with E-state index in [1.165, 1.54) is 19.3 Å². The van der Waals surface area contributed by atoms with Gasteiger partial charge >= 0.3 is 0 Å². The highest BCUT2D eigenvalue weighted by Gasteiger charge is 2.23. The van der Waals surface area contributed by atoms with E-state index in [0.29, 0.717) is 5.82 Å². The minimum atomic E-state index is 0.612. The number of anilines is 2. The van der Waals surface area contributed by atoms with E-state index >= 15 is 0 Å². The van der Waals surface area contributed by atoms with Gasteiger partial charge in [-0.15, -0.1) is 0 Å². The van der Waals surface area contributed by atoms with E-state index in [1.807, 2.05) is 6.92 Å². The lowest BCUT2D eigenvalue weighted by molar-refractivity contribution is 0.439. The van der Waals surface area contributed by atoms with Crippen LogP contribution >= 0.6 is 0 Å². The lowest BCUT2D eigenvalue weighted by atomic mass is 9.98. The second-order valence-electron chi connectivity index (χ2n) is 5.80. The Balaban J connectivity index is 2.06. The Morgan fingerprint density at radius 2 is 2.11 bits per heavy atom. The molecule has 1 aromatic rings. The van der Waals surface area contributed by atoms with Gasteiger partial charge in [0.25, 0.3) is 0 Å². The van der Waals surface area contributed by atoms with Gasteiger partial charge in [-0.05, 0) is 31.6 Å². The van der Waals surface area contributed by atoms with Gasteiger partial charge in [0.2, 0.25) is 0 Å². The van der Waals surface area contributed by atoms with Gasteiger partial charge in [-0.2, -0.15) is 0 Å². The average Bonchev–Trinajstić information content (AvgIpc) is 2.78. The number of aryl methyl sites for hydroxylation is 1. The first-order valence-electron chi connectivity index (χ1n) is 7.48. The maximum absolute atomic E-state index is 5.97. The number of nitrogens with zero attached hydrogens (tertiary/aromatic N) is 2. The maximum Gasteiger partial charge on any atom is 0.134 e. The van der Waals surface area contributed by atoms with E-state index < -0.39 is 0 Å². The Morgan fingerprint density at radius 3 is 2.74 bits per heavy atom. The molecule has 1 aromatic heterocycles. The molecule has 0 spiro atoms. The summed E-state index contributed by atoms with van der Waals surface area (Å²) in [4.78, 5) is 8.95. The minimum Gasteiger partial charge on any atom is -0.383 e. The van der Waals surface area contributed by atoms with Crippen LogP contribution in [0.3, 0.4) is 0 Å². The van der Waals surface area contributed by atoms with Crippen molar-refractivity contribution in [1.82, 2.24) is 9.97 Å². The van der Waals surface area contributed by atoms with E-state index in [1.54, 1.807) is 0 Å². The molecule has 1 saturated carbocycles. The van der Waals surface area contributed by atoms with Crippen LogP contribution in [0.2, 0.25) is 0 Å². The molecule has 3 N–H and O–H groups in total. The molecule has 1 heterocycles. The SMILES string of the molecule is CCCc1nc(N)c(C)c(NCC2CCCC2C)n1. The van der Waals surface area contributed by atoms with Crippen LogP contribution in [0.25, 0.3) is 0 Å². The van der Waals surface area contributed by atoms with Gasteiger partial charge in [0.15, 0.2) is 0 Å². The molecule has 0 amide bonds. The monoisotopic (exact) mass is 262 g/mol. The molecular weight excluding hydrogens is 236 g/mol. The lowest BCUT2D eigenvalue weighted by Gasteiger charge is -2.18. The first kappa shape index (κ1) is 14.1. The highest BCUT2D eigenvalue weighted by molar-refractivity contribution is 5.54. The van der Waals surface area contributed by atoms with Crippen molar-refractivity contribution in [2.75, 3.05) is 17.6 Å². The van der Waals surface area contributed by atoms with Gasteiger partial charge in [-0.1, -0.05) is 26.7 Å². The van der Waals surface area contributed by atoms with Crippen LogP contribution < -0.4 is 11.1 Å². The smallest absolute Gasteiger partial charge is 0.134 e. The third-order valence-electron chi connectivity index (χ3n) is 4.27. The highest BCUT2D eigenvalue weighted by Crippen LogP contribution is 2.31. The van der Waals surface area contributed by atoms with Crippen molar-refractivity contribution in [2.24, 2.45) is 11.8 Å². The van der Waals surface area contributed by atoms with Crippen molar-refractivity contribution >= 4 is 11.6 Å². The largest absolute Gasteiger partial charge is 0.383 e. The molecule has 1 aliphatic carbocycles. The molecule has 19 heavy (non-hydrogen) atoms. The molecular formula is C15H26N4. The van der Waals surface area contributed by atoms with Crippen LogP contribution in [-0.2, 0) is 6.42 Å². The molecule has 0 saturated heterocycles. The summed E-state index contributed by atoms with van der Waals surface area (Å²) >= 11 is 0. The highest BCUT2D eigenvalue weighted by atomic mass is 15.1. The third kappa shape index (κ3) is 3.37. The fourth-order valence-electron chi connectivity index (χ4n) is 2.84. The van der Waals surface area contributed by atoms with E-state index in [-0.39, 0.29) is 0 Å². The van der Waals surface area contributed by atoms with Gasteiger partial charge < -0.3 is 11.1 Å². The summed E-state index contributed by atoms with van der Waals surface area (Å²) in [5.41, 5.74) is 6.95. The first-order valence-corrected chi connectivity index (χ1v) is 7.48. The van der Waals surface area contributed by atoms with Gasteiger partial charge in [-0.3, -0.25) is 0 Å². The molecule has 1 aliphatic rings. The predicted molar refractivity (Wildman–Crippen MR) is 80.2 cm³/mol. The summed E-state index contributed by atoms with van der Waals surface area (Å²) in [5, 5.41) is 3.49. The van der Waals surface area contributed by atoms with E-state index in [9.17, 15) is 0 Å². The topological polar surface area (TPSA) is 63.8 Å². The standard InChI is InChI=1S/C15H26N4/c1-4-6-13-18-14(16)11(3)15(19-13)17-9-12-8-5-7-10(12)2/h10,12H,4-9H2,1-3H3,(H3,16,17,18,19). The summed E-state index contributed by atoms with van der Waals surface area (Å²) in [5.74, 6) is 3.98. The zero-order valence-electron chi connectivity index (χ0n) is 12.4. The van der Waals surface area contributed by atoms with Crippen molar-refractivity contribution < 1.29 is 0 Å². The zero-order valence-corrected chi connectivity index (χ0v) is 12.4. The lowest BCUT2D eigenvalue weighted by Crippen LogP contribution is -2.18. The average molecular weight is 262 g/mol. The molecule has 1 fully saturated rings. The number of hydrogen-bond donors (Lipinski definition) is 2. The fourth-order valence-corrected chi connectivity index (χ4v) is 2.84. The summed E-state index contributed by atoms with van der Waals surface area (Å²) < 4.78 is 0. The van der Waals surface area contributed by atoms with E-state index in [4.69, 9.17) is 5.73 Å². The summed E-state index contributed by atoms with van der Waals surface area (Å²) in [7, 11) is 0. The minimum absolute atomic E-state index is 0.612. The Kier molecular flexibility index (Phi) is 4.61. The molecule has 2 atom stereocenters. The molecule has 0 aromatic carbocycles. The Bertz CT molecular complexity index is 430. The zero-order chi connectivity index (χ0) is 13.8. The van der Waals surface area contributed by atoms with Crippen molar-refractivity contribution in [3.05, 3.63) is 11.4 Å². The molecule has 106 valence electrons. The molecule has 4 heteroatoms. The molecule has 4 nitrogen and oxygen atoms in total. The summed E-state index contributed by atoms with van der Waals surface area (Å²) in [6.45, 7) is 7.48. The second-order valence-corrected chi connectivity index (χ2v) is 5.80. The number of nitrogens with one attached hydrogen (secondary N) is 1. The second kappa shape index (κ2) is 6.22. The van der Waals surface area contributed by atoms with Gasteiger partial charge in [0.1, 0.15) is 17.5 Å². The molecule has 0 bridgehead atoms. The number of nitrogens with two attached hydrogens (primary N) is 1. The third-order valence-corrected chi connectivity index (χ3v) is 4.27. The van der Waals surface area contributed by atoms with Crippen molar-refractivity contribution in [3.63, 3.8) is 0 Å². The van der Waals surface area contributed by atoms with Crippen molar-refractivity contribution in [3.8, 4) is 0 Å². The molecule has 0 aliphatic heterocycles. The molecule has 0 radical (unpaired) electrons. The van der Waals surface area contributed by atoms with E-state index in [2.05, 4.69) is 29.1 Å². The van der Waals surface area contributed by atoms with Crippen LogP contribution in [0, 0.1) is 18.8 Å². The Hall–Kier alpha value is -1.32. The number of hydrogen-bond acceptors (Lipinski definition) is 4.